The number of hydrogen-bond acceptors (Lipinski definition) is 3. The summed E-state index contributed by atoms with van der Waals surface area (Å²) < 4.78 is 5.27. The lowest BCUT2D eigenvalue weighted by molar-refractivity contribution is 0.209. The van der Waals surface area contributed by atoms with Gasteiger partial charge in [0, 0.05) is 38.1 Å². The van der Waals surface area contributed by atoms with Gasteiger partial charge in [-0.2, -0.15) is 0 Å². The van der Waals surface area contributed by atoms with Gasteiger partial charge < -0.3 is 15.0 Å². The zero-order valence-electron chi connectivity index (χ0n) is 13.0. The summed E-state index contributed by atoms with van der Waals surface area (Å²) in [6.07, 6.45) is 4.33. The van der Waals surface area contributed by atoms with E-state index in [0.29, 0.717) is 13.1 Å². The number of methoxy groups -OCH3 is 1. The van der Waals surface area contributed by atoms with E-state index in [1.54, 1.807) is 31.5 Å². The monoisotopic (exact) mass is 299 g/mol. The summed E-state index contributed by atoms with van der Waals surface area (Å²) in [4.78, 5) is 17.8. The zero-order chi connectivity index (χ0) is 15.8. The normalized spacial score (nSPS) is 10.1. The number of pyridine rings is 1. The van der Waals surface area contributed by atoms with Gasteiger partial charge in [0.1, 0.15) is 5.75 Å². The Morgan fingerprint density at radius 3 is 2.68 bits per heavy atom. The van der Waals surface area contributed by atoms with E-state index >= 15 is 0 Å². The van der Waals surface area contributed by atoms with Crippen molar-refractivity contribution in [2.24, 2.45) is 0 Å². The van der Waals surface area contributed by atoms with Crippen LogP contribution in [0.3, 0.4) is 0 Å². The first-order valence-electron chi connectivity index (χ1n) is 7.20. The highest BCUT2D eigenvalue weighted by atomic mass is 16.5. The molecule has 1 aromatic carbocycles. The summed E-state index contributed by atoms with van der Waals surface area (Å²) in [5.41, 5.74) is 2.13. The number of likely N-dealkylation sites (N-methyl/N-ethyl adjacent to an activating group) is 1. The van der Waals surface area contributed by atoms with Crippen LogP contribution in [0.15, 0.2) is 48.8 Å². The molecule has 2 rings (SSSR count). The van der Waals surface area contributed by atoms with E-state index in [2.05, 4.69) is 10.3 Å². The van der Waals surface area contributed by atoms with Crippen molar-refractivity contribution < 1.29 is 9.53 Å². The number of rotatable bonds is 6. The molecule has 0 spiro atoms. The van der Waals surface area contributed by atoms with Crippen LogP contribution in [0, 0.1) is 0 Å². The maximum Gasteiger partial charge on any atom is 0.317 e. The second-order valence-corrected chi connectivity index (χ2v) is 5.00. The molecule has 5 heteroatoms. The van der Waals surface area contributed by atoms with Crippen molar-refractivity contribution in [2.45, 2.75) is 13.0 Å². The first kappa shape index (κ1) is 15.8. The predicted octanol–water partition coefficient (Wildman–Crippen LogP) is 2.47. The largest absolute Gasteiger partial charge is 0.496 e. The van der Waals surface area contributed by atoms with Crippen LogP contribution in [0.25, 0.3) is 0 Å². The zero-order valence-corrected chi connectivity index (χ0v) is 13.0. The minimum absolute atomic E-state index is 0.0973. The molecule has 0 aliphatic rings. The summed E-state index contributed by atoms with van der Waals surface area (Å²) in [5, 5.41) is 2.90. The second-order valence-electron chi connectivity index (χ2n) is 5.00. The van der Waals surface area contributed by atoms with E-state index in [4.69, 9.17) is 4.74 Å². The molecule has 0 radical (unpaired) electrons. The quantitative estimate of drug-likeness (QED) is 0.891. The van der Waals surface area contributed by atoms with Crippen molar-refractivity contribution in [2.75, 3.05) is 20.7 Å². The number of carbonyl (C=O) groups excluding carboxylic acids is 1. The highest BCUT2D eigenvalue weighted by Crippen LogP contribution is 2.16. The van der Waals surface area contributed by atoms with Gasteiger partial charge in [0.25, 0.3) is 0 Å². The number of urea groups is 1. The summed E-state index contributed by atoms with van der Waals surface area (Å²) in [7, 11) is 3.42. The molecule has 5 nitrogen and oxygen atoms in total. The summed E-state index contributed by atoms with van der Waals surface area (Å²) in [6.45, 7) is 1.10. The fraction of sp³-hybridized carbons (Fsp3) is 0.294. The number of carbonyl (C=O) groups is 1. The van der Waals surface area contributed by atoms with Gasteiger partial charge in [0.2, 0.25) is 0 Å². The Labute approximate surface area is 130 Å². The van der Waals surface area contributed by atoms with Gasteiger partial charge in [-0.05, 0) is 30.2 Å². The van der Waals surface area contributed by atoms with E-state index in [-0.39, 0.29) is 6.03 Å². The molecule has 2 aromatic rings. The molecule has 0 aliphatic carbocycles. The SMILES string of the molecule is COc1ccccc1CNC(=O)N(C)CCc1ccncc1. The lowest BCUT2D eigenvalue weighted by atomic mass is 10.2. The molecule has 0 saturated carbocycles. The summed E-state index contributed by atoms with van der Waals surface area (Å²) in [6, 6.07) is 11.5. The third-order valence-electron chi connectivity index (χ3n) is 3.45. The van der Waals surface area contributed by atoms with Crippen LogP contribution in [0.5, 0.6) is 5.75 Å². The molecule has 1 heterocycles. The van der Waals surface area contributed by atoms with Gasteiger partial charge in [-0.1, -0.05) is 18.2 Å². The van der Waals surface area contributed by atoms with Crippen LogP contribution in [-0.2, 0) is 13.0 Å². The van der Waals surface area contributed by atoms with Crippen molar-refractivity contribution in [3.05, 3.63) is 59.9 Å². The molecule has 2 amide bonds. The first-order chi connectivity index (χ1) is 10.7. The van der Waals surface area contributed by atoms with Crippen molar-refractivity contribution in [3.8, 4) is 5.75 Å². The fourth-order valence-corrected chi connectivity index (χ4v) is 2.10. The molecule has 1 N–H and O–H groups in total. The van der Waals surface area contributed by atoms with E-state index in [0.717, 1.165) is 17.7 Å². The summed E-state index contributed by atoms with van der Waals surface area (Å²) in [5.74, 6) is 0.780. The maximum atomic E-state index is 12.1. The average molecular weight is 299 g/mol. The number of para-hydroxylation sites is 1. The molecule has 0 unspecified atom stereocenters. The molecule has 1 aromatic heterocycles. The standard InChI is InChI=1S/C17H21N3O2/c1-20(12-9-14-7-10-18-11-8-14)17(21)19-13-15-5-3-4-6-16(15)22-2/h3-8,10-11H,9,12-13H2,1-2H3,(H,19,21). The van der Waals surface area contributed by atoms with Crippen molar-refractivity contribution in [1.82, 2.24) is 15.2 Å². The number of benzene rings is 1. The highest BCUT2D eigenvalue weighted by molar-refractivity contribution is 5.73. The van der Waals surface area contributed by atoms with Gasteiger partial charge in [0.05, 0.1) is 7.11 Å². The Hall–Kier alpha value is -2.56. The lowest BCUT2D eigenvalue weighted by Gasteiger charge is -2.18. The minimum atomic E-state index is -0.0973. The van der Waals surface area contributed by atoms with E-state index in [9.17, 15) is 4.79 Å². The Kier molecular flexibility index (Phi) is 5.77. The Morgan fingerprint density at radius 2 is 1.95 bits per heavy atom. The van der Waals surface area contributed by atoms with Crippen LogP contribution in [0.1, 0.15) is 11.1 Å². The van der Waals surface area contributed by atoms with Crippen LogP contribution < -0.4 is 10.1 Å². The average Bonchev–Trinajstić information content (AvgIpc) is 2.58. The smallest absolute Gasteiger partial charge is 0.317 e. The maximum absolute atomic E-state index is 12.1. The van der Waals surface area contributed by atoms with Gasteiger partial charge in [-0.15, -0.1) is 0 Å². The first-order valence-corrected chi connectivity index (χ1v) is 7.20. The topological polar surface area (TPSA) is 54.5 Å². The molecule has 0 saturated heterocycles. The Bertz CT molecular complexity index is 602. The van der Waals surface area contributed by atoms with Crippen LogP contribution >= 0.6 is 0 Å². The Balaban J connectivity index is 1.81. The molecule has 0 aliphatic heterocycles. The molecule has 0 atom stereocenters. The van der Waals surface area contributed by atoms with Gasteiger partial charge >= 0.3 is 6.03 Å². The summed E-state index contributed by atoms with van der Waals surface area (Å²) >= 11 is 0. The Morgan fingerprint density at radius 1 is 1.23 bits per heavy atom. The van der Waals surface area contributed by atoms with E-state index < -0.39 is 0 Å². The van der Waals surface area contributed by atoms with Crippen molar-refractivity contribution in [1.29, 1.82) is 0 Å². The van der Waals surface area contributed by atoms with Crippen LogP contribution in [0.4, 0.5) is 4.79 Å². The van der Waals surface area contributed by atoms with Crippen LogP contribution in [0.2, 0.25) is 0 Å². The second kappa shape index (κ2) is 8.02. The van der Waals surface area contributed by atoms with Crippen molar-refractivity contribution >= 4 is 6.03 Å². The van der Waals surface area contributed by atoms with Crippen LogP contribution in [-0.4, -0.2) is 36.6 Å². The van der Waals surface area contributed by atoms with Crippen molar-refractivity contribution in [3.63, 3.8) is 0 Å². The number of hydrogen-bond donors (Lipinski definition) is 1. The molecule has 22 heavy (non-hydrogen) atoms. The molecular weight excluding hydrogens is 278 g/mol. The van der Waals surface area contributed by atoms with Gasteiger partial charge in [0.15, 0.2) is 0 Å². The molecule has 116 valence electrons. The number of nitrogens with zero attached hydrogens (tertiary/aromatic N) is 2. The lowest BCUT2D eigenvalue weighted by Crippen LogP contribution is -2.38. The predicted molar refractivity (Wildman–Crippen MR) is 85.8 cm³/mol. The highest BCUT2D eigenvalue weighted by Gasteiger charge is 2.09. The number of amides is 2. The fourth-order valence-electron chi connectivity index (χ4n) is 2.10. The number of aromatic nitrogens is 1. The molecule has 0 fully saturated rings. The molecular formula is C17H21N3O2. The third kappa shape index (κ3) is 4.48. The van der Waals surface area contributed by atoms with Gasteiger partial charge in [-0.3, -0.25) is 4.98 Å². The number of nitrogens with one attached hydrogen (secondary N) is 1. The third-order valence-corrected chi connectivity index (χ3v) is 3.45. The minimum Gasteiger partial charge on any atom is -0.496 e. The van der Waals surface area contributed by atoms with E-state index in [1.807, 2.05) is 36.4 Å². The molecule has 0 bridgehead atoms. The van der Waals surface area contributed by atoms with Gasteiger partial charge in [-0.25, -0.2) is 4.79 Å². The van der Waals surface area contributed by atoms with E-state index in [1.165, 1.54) is 5.56 Å². The number of ether oxygens (including phenoxy) is 1.